The lowest BCUT2D eigenvalue weighted by Crippen LogP contribution is -2.24. The van der Waals surface area contributed by atoms with Gasteiger partial charge >= 0.3 is 6.18 Å². The van der Waals surface area contributed by atoms with Crippen molar-refractivity contribution in [3.05, 3.63) is 33.9 Å². The van der Waals surface area contributed by atoms with Crippen molar-refractivity contribution in [3.63, 3.8) is 0 Å². The van der Waals surface area contributed by atoms with Crippen molar-refractivity contribution in [1.82, 2.24) is 0 Å². The number of halogens is 3. The third-order valence-electron chi connectivity index (χ3n) is 2.42. The van der Waals surface area contributed by atoms with Crippen LogP contribution in [0, 0.1) is 10.1 Å². The lowest BCUT2D eigenvalue weighted by Gasteiger charge is -2.17. The van der Waals surface area contributed by atoms with Crippen LogP contribution in [-0.4, -0.2) is 23.0 Å². The smallest absolute Gasteiger partial charge is 0.377 e. The lowest BCUT2D eigenvalue weighted by atomic mass is 10.1. The zero-order chi connectivity index (χ0) is 15.5. The first kappa shape index (κ1) is 15.7. The number of primary amides is 1. The molecule has 1 atom stereocenters. The number of nitrogens with one attached hydrogen (secondary N) is 1. The molecular weight excluding hydrogens is 279 g/mol. The summed E-state index contributed by atoms with van der Waals surface area (Å²) >= 11 is 0. The molecule has 9 heteroatoms. The average molecular weight is 291 g/mol. The number of rotatable bonds is 5. The van der Waals surface area contributed by atoms with Crippen LogP contribution in [0.15, 0.2) is 18.2 Å². The first-order chi connectivity index (χ1) is 9.10. The fourth-order valence-electron chi connectivity index (χ4n) is 1.63. The molecule has 0 aliphatic rings. The molecule has 0 saturated carbocycles. The van der Waals surface area contributed by atoms with E-state index in [0.717, 1.165) is 18.2 Å². The molecule has 20 heavy (non-hydrogen) atoms. The third kappa shape index (κ3) is 4.41. The van der Waals surface area contributed by atoms with Gasteiger partial charge in [0.05, 0.1) is 11.3 Å². The lowest BCUT2D eigenvalue weighted by molar-refractivity contribution is -0.384. The van der Waals surface area contributed by atoms with Gasteiger partial charge in [-0.15, -0.1) is 0 Å². The second kappa shape index (κ2) is 5.76. The second-order valence-corrected chi connectivity index (χ2v) is 4.22. The Labute approximate surface area is 111 Å². The van der Waals surface area contributed by atoms with E-state index >= 15 is 0 Å². The van der Waals surface area contributed by atoms with Gasteiger partial charge in [0.2, 0.25) is 5.91 Å². The Morgan fingerprint density at radius 1 is 1.50 bits per heavy atom. The van der Waals surface area contributed by atoms with E-state index in [1.807, 2.05) is 0 Å². The summed E-state index contributed by atoms with van der Waals surface area (Å²) in [6, 6.07) is 2.13. The van der Waals surface area contributed by atoms with E-state index in [1.54, 1.807) is 0 Å². The highest BCUT2D eigenvalue weighted by atomic mass is 19.4. The van der Waals surface area contributed by atoms with Gasteiger partial charge in [-0.3, -0.25) is 14.9 Å². The quantitative estimate of drug-likeness (QED) is 0.643. The highest BCUT2D eigenvalue weighted by Gasteiger charge is 2.30. The molecule has 1 aromatic carbocycles. The van der Waals surface area contributed by atoms with Gasteiger partial charge in [0.15, 0.2) is 0 Å². The van der Waals surface area contributed by atoms with E-state index in [2.05, 4.69) is 5.32 Å². The minimum absolute atomic E-state index is 0.0303. The number of hydrogen-bond acceptors (Lipinski definition) is 4. The Morgan fingerprint density at radius 3 is 2.55 bits per heavy atom. The van der Waals surface area contributed by atoms with Crippen molar-refractivity contribution in [3.8, 4) is 0 Å². The zero-order valence-corrected chi connectivity index (χ0v) is 10.4. The van der Waals surface area contributed by atoms with Crippen LogP contribution in [0.2, 0.25) is 0 Å². The van der Waals surface area contributed by atoms with E-state index in [9.17, 15) is 28.1 Å². The predicted molar refractivity (Wildman–Crippen MR) is 65.4 cm³/mol. The van der Waals surface area contributed by atoms with Gasteiger partial charge in [-0.1, -0.05) is 0 Å². The van der Waals surface area contributed by atoms with Crippen LogP contribution < -0.4 is 11.1 Å². The first-order valence-corrected chi connectivity index (χ1v) is 5.51. The van der Waals surface area contributed by atoms with Gasteiger partial charge in [-0.05, 0) is 19.1 Å². The average Bonchev–Trinajstić information content (AvgIpc) is 2.25. The van der Waals surface area contributed by atoms with E-state index in [1.165, 1.54) is 6.92 Å². The summed E-state index contributed by atoms with van der Waals surface area (Å²) in [4.78, 5) is 21.0. The molecule has 0 aliphatic carbocycles. The minimum Gasteiger partial charge on any atom is -0.377 e. The standard InChI is InChI=1S/C11H12F3N3O3/c1-6(5-11(12,13)14)16-8-4-7(10(15)18)2-3-9(8)17(19)20/h2-4,6,16H,5H2,1H3,(H2,15,18). The van der Waals surface area contributed by atoms with Crippen molar-refractivity contribution in [1.29, 1.82) is 0 Å². The first-order valence-electron chi connectivity index (χ1n) is 5.51. The van der Waals surface area contributed by atoms with E-state index in [-0.39, 0.29) is 11.3 Å². The SMILES string of the molecule is CC(CC(F)(F)F)Nc1cc(C(N)=O)ccc1[N+](=O)[O-]. The monoisotopic (exact) mass is 291 g/mol. The topological polar surface area (TPSA) is 98.3 Å². The number of alkyl halides is 3. The van der Waals surface area contributed by atoms with Crippen LogP contribution in [0.25, 0.3) is 0 Å². The molecule has 110 valence electrons. The number of amides is 1. The van der Waals surface area contributed by atoms with Crippen molar-refractivity contribution >= 4 is 17.3 Å². The molecule has 6 nitrogen and oxygen atoms in total. The molecule has 0 fully saturated rings. The second-order valence-electron chi connectivity index (χ2n) is 4.22. The number of benzene rings is 1. The highest BCUT2D eigenvalue weighted by molar-refractivity contribution is 5.94. The third-order valence-corrected chi connectivity index (χ3v) is 2.42. The maximum atomic E-state index is 12.2. The number of nitro benzene ring substituents is 1. The summed E-state index contributed by atoms with van der Waals surface area (Å²) in [5.41, 5.74) is 4.39. The number of anilines is 1. The van der Waals surface area contributed by atoms with E-state index in [4.69, 9.17) is 5.73 Å². The Hall–Kier alpha value is -2.32. The molecule has 1 aromatic rings. The molecule has 0 saturated heterocycles. The molecule has 0 heterocycles. The molecule has 3 N–H and O–H groups in total. The van der Waals surface area contributed by atoms with Gasteiger partial charge in [0.25, 0.3) is 5.69 Å². The molecule has 0 aliphatic heterocycles. The largest absolute Gasteiger partial charge is 0.391 e. The molecule has 1 rings (SSSR count). The fourth-order valence-corrected chi connectivity index (χ4v) is 1.63. The number of nitrogens with zero attached hydrogens (tertiary/aromatic N) is 1. The highest BCUT2D eigenvalue weighted by Crippen LogP contribution is 2.29. The zero-order valence-electron chi connectivity index (χ0n) is 10.4. The van der Waals surface area contributed by atoms with E-state index in [0.29, 0.717) is 0 Å². The molecule has 1 amide bonds. The normalized spacial score (nSPS) is 12.8. The van der Waals surface area contributed by atoms with Crippen LogP contribution >= 0.6 is 0 Å². The van der Waals surface area contributed by atoms with E-state index < -0.39 is 35.2 Å². The van der Waals surface area contributed by atoms with Gasteiger partial charge in [0.1, 0.15) is 5.69 Å². The predicted octanol–water partition coefficient (Wildman–Crippen LogP) is 2.45. The molecule has 1 unspecified atom stereocenters. The summed E-state index contributed by atoms with van der Waals surface area (Å²) in [5, 5.41) is 13.2. The van der Waals surface area contributed by atoms with Gasteiger partial charge < -0.3 is 11.1 Å². The maximum Gasteiger partial charge on any atom is 0.391 e. The van der Waals surface area contributed by atoms with Gasteiger partial charge in [-0.25, -0.2) is 0 Å². The Kier molecular flexibility index (Phi) is 4.53. The summed E-state index contributed by atoms with van der Waals surface area (Å²) in [5.74, 6) is -0.827. The Bertz CT molecular complexity index is 531. The maximum absolute atomic E-state index is 12.2. The van der Waals surface area contributed by atoms with Gasteiger partial charge in [0, 0.05) is 17.7 Å². The van der Waals surface area contributed by atoms with Crippen molar-refractivity contribution in [2.24, 2.45) is 5.73 Å². The molecule has 0 spiro atoms. The summed E-state index contributed by atoms with van der Waals surface area (Å²) < 4.78 is 36.7. The van der Waals surface area contributed by atoms with Crippen LogP contribution in [-0.2, 0) is 0 Å². The van der Waals surface area contributed by atoms with Crippen LogP contribution in [0.3, 0.4) is 0 Å². The Morgan fingerprint density at radius 2 is 2.10 bits per heavy atom. The molecule has 0 aromatic heterocycles. The minimum atomic E-state index is -4.40. The van der Waals surface area contributed by atoms with Crippen molar-refractivity contribution in [2.75, 3.05) is 5.32 Å². The van der Waals surface area contributed by atoms with Crippen molar-refractivity contribution < 1.29 is 22.9 Å². The number of carbonyl (C=O) groups excluding carboxylic acids is 1. The molecular formula is C11H12F3N3O3. The number of carbonyl (C=O) groups is 1. The van der Waals surface area contributed by atoms with Crippen LogP contribution in [0.5, 0.6) is 0 Å². The number of nitro groups is 1. The fraction of sp³-hybridized carbons (Fsp3) is 0.364. The molecule has 0 bridgehead atoms. The van der Waals surface area contributed by atoms with Crippen LogP contribution in [0.1, 0.15) is 23.7 Å². The summed E-state index contributed by atoms with van der Waals surface area (Å²) in [6.07, 6.45) is -5.56. The van der Waals surface area contributed by atoms with Gasteiger partial charge in [-0.2, -0.15) is 13.2 Å². The summed E-state index contributed by atoms with van der Waals surface area (Å²) in [7, 11) is 0. The number of hydrogen-bond donors (Lipinski definition) is 2. The summed E-state index contributed by atoms with van der Waals surface area (Å²) in [6.45, 7) is 1.23. The molecule has 0 radical (unpaired) electrons. The number of nitrogens with two attached hydrogens (primary N) is 1. The van der Waals surface area contributed by atoms with Crippen LogP contribution in [0.4, 0.5) is 24.5 Å². The van der Waals surface area contributed by atoms with Crippen molar-refractivity contribution in [2.45, 2.75) is 25.6 Å². The Balaban J connectivity index is 3.04.